The first-order chi connectivity index (χ1) is 16.6. The third-order valence-corrected chi connectivity index (χ3v) is 5.74. The lowest BCUT2D eigenvalue weighted by molar-refractivity contribution is -0.159. The van der Waals surface area contributed by atoms with Gasteiger partial charge in [0.1, 0.15) is 29.3 Å². The predicted octanol–water partition coefficient (Wildman–Crippen LogP) is 0.325. The second kappa shape index (κ2) is 11.9. The molecule has 12 nitrogen and oxygen atoms in total. The van der Waals surface area contributed by atoms with E-state index in [1.807, 2.05) is 0 Å². The minimum absolute atomic E-state index is 0.0210. The van der Waals surface area contributed by atoms with Gasteiger partial charge in [-0.05, 0) is 73.8 Å². The van der Waals surface area contributed by atoms with Gasteiger partial charge in [0.25, 0.3) is 0 Å². The first kappa shape index (κ1) is 29.3. The topological polar surface area (TPSA) is 169 Å². The van der Waals surface area contributed by atoms with Gasteiger partial charge in [-0.2, -0.15) is 0 Å². The number of fused-ring (bicyclic) bond motifs is 1. The summed E-state index contributed by atoms with van der Waals surface area (Å²) < 4.78 is 10.7. The van der Waals surface area contributed by atoms with Crippen LogP contribution in [0.15, 0.2) is 0 Å². The lowest BCUT2D eigenvalue weighted by Gasteiger charge is -2.36. The highest BCUT2D eigenvalue weighted by Crippen LogP contribution is 2.28. The Morgan fingerprint density at radius 3 is 2.28 bits per heavy atom. The Bertz CT molecular complexity index is 849. The molecule has 2 aliphatic rings. The average Bonchev–Trinajstić information content (AvgIpc) is 3.12. The smallest absolute Gasteiger partial charge is 0.408 e. The minimum Gasteiger partial charge on any atom is -0.458 e. The van der Waals surface area contributed by atoms with Crippen LogP contribution >= 0.6 is 0 Å². The number of carbonyl (C=O) groups excluding carboxylic acids is 5. The fraction of sp³-hybridized carbons (Fsp3) is 0.792. The average molecular weight is 512 g/mol. The van der Waals surface area contributed by atoms with Crippen LogP contribution in [0.25, 0.3) is 0 Å². The van der Waals surface area contributed by atoms with Crippen LogP contribution in [0.2, 0.25) is 0 Å². The van der Waals surface area contributed by atoms with Gasteiger partial charge in [-0.15, -0.1) is 0 Å². The Labute approximate surface area is 212 Å². The zero-order chi connectivity index (χ0) is 27.3. The van der Waals surface area contributed by atoms with E-state index in [-0.39, 0.29) is 25.4 Å². The second-order valence-corrected chi connectivity index (χ2v) is 11.3. The van der Waals surface area contributed by atoms with E-state index in [1.54, 1.807) is 41.5 Å². The molecule has 204 valence electrons. The van der Waals surface area contributed by atoms with E-state index >= 15 is 0 Å². The van der Waals surface area contributed by atoms with Gasteiger partial charge in [-0.25, -0.2) is 9.59 Å². The van der Waals surface area contributed by atoms with Crippen LogP contribution in [-0.2, 0) is 28.7 Å². The van der Waals surface area contributed by atoms with Crippen molar-refractivity contribution in [2.75, 3.05) is 13.1 Å². The van der Waals surface area contributed by atoms with Gasteiger partial charge in [0.15, 0.2) is 0 Å². The Morgan fingerprint density at radius 2 is 1.69 bits per heavy atom. The predicted molar refractivity (Wildman–Crippen MR) is 131 cm³/mol. The molecule has 1 unspecified atom stereocenters. The quantitative estimate of drug-likeness (QED) is 0.354. The van der Waals surface area contributed by atoms with Gasteiger partial charge in [0.2, 0.25) is 17.7 Å². The van der Waals surface area contributed by atoms with Crippen LogP contribution in [0.5, 0.6) is 0 Å². The van der Waals surface area contributed by atoms with Gasteiger partial charge in [-0.1, -0.05) is 0 Å². The standard InChI is InChI=1S/C24H41N5O7/c1-23(2,3)35-21(33)15(8-10-18(25)30)27-19(31)17-9-7-14-11-12-26-13-16(20(32)29(14)17)28-22(34)36-24(4,5)6/h14-17,26H,7-13H2,1-6H3,(H2,25,30)(H,27,31)(H,28,34)/t14?,15-,16-,17-/m0/s1. The molecule has 4 amide bonds. The molecule has 0 aromatic heterocycles. The number of esters is 1. The van der Waals surface area contributed by atoms with Crippen LogP contribution in [0, 0.1) is 0 Å². The molecule has 36 heavy (non-hydrogen) atoms. The van der Waals surface area contributed by atoms with Gasteiger partial charge >= 0.3 is 12.1 Å². The highest BCUT2D eigenvalue weighted by Gasteiger charge is 2.45. The molecular formula is C24H41N5O7. The highest BCUT2D eigenvalue weighted by atomic mass is 16.6. The number of amides is 4. The maximum absolute atomic E-state index is 13.5. The van der Waals surface area contributed by atoms with Crippen molar-refractivity contribution < 1.29 is 33.4 Å². The van der Waals surface area contributed by atoms with Crippen LogP contribution < -0.4 is 21.7 Å². The number of primary amides is 1. The van der Waals surface area contributed by atoms with Crippen molar-refractivity contribution >= 4 is 29.8 Å². The minimum atomic E-state index is -1.09. The summed E-state index contributed by atoms with van der Waals surface area (Å²) in [6.07, 6.45) is 0.782. The second-order valence-electron chi connectivity index (χ2n) is 11.3. The first-order valence-electron chi connectivity index (χ1n) is 12.4. The molecule has 0 aliphatic carbocycles. The zero-order valence-electron chi connectivity index (χ0n) is 22.1. The van der Waals surface area contributed by atoms with Crippen molar-refractivity contribution in [3.63, 3.8) is 0 Å². The molecule has 2 fully saturated rings. The molecule has 0 aromatic carbocycles. The molecule has 5 N–H and O–H groups in total. The molecule has 4 atom stereocenters. The molecule has 2 rings (SSSR count). The molecule has 2 saturated heterocycles. The zero-order valence-corrected chi connectivity index (χ0v) is 22.1. The molecule has 2 aliphatic heterocycles. The maximum Gasteiger partial charge on any atom is 0.408 e. The fourth-order valence-electron chi connectivity index (χ4n) is 4.28. The van der Waals surface area contributed by atoms with Crippen molar-refractivity contribution in [3.05, 3.63) is 0 Å². The molecule has 0 aromatic rings. The van der Waals surface area contributed by atoms with Crippen molar-refractivity contribution in [2.45, 2.75) is 109 Å². The number of nitrogens with zero attached hydrogens (tertiary/aromatic N) is 1. The molecule has 0 radical (unpaired) electrons. The fourth-order valence-corrected chi connectivity index (χ4v) is 4.28. The lowest BCUT2D eigenvalue weighted by Crippen LogP contribution is -2.61. The van der Waals surface area contributed by atoms with Gasteiger partial charge in [-0.3, -0.25) is 14.4 Å². The summed E-state index contributed by atoms with van der Waals surface area (Å²) >= 11 is 0. The van der Waals surface area contributed by atoms with E-state index in [9.17, 15) is 24.0 Å². The summed E-state index contributed by atoms with van der Waals surface area (Å²) in [6.45, 7) is 11.1. The van der Waals surface area contributed by atoms with Crippen molar-refractivity contribution in [3.8, 4) is 0 Å². The molecule has 2 heterocycles. The monoisotopic (exact) mass is 511 g/mol. The summed E-state index contributed by atoms with van der Waals surface area (Å²) in [5, 5.41) is 8.45. The number of nitrogens with two attached hydrogens (primary N) is 1. The van der Waals surface area contributed by atoms with Crippen LogP contribution in [-0.4, -0.2) is 83.1 Å². The summed E-state index contributed by atoms with van der Waals surface area (Å²) in [5.74, 6) is -2.21. The van der Waals surface area contributed by atoms with Crippen LogP contribution in [0.1, 0.15) is 73.6 Å². The van der Waals surface area contributed by atoms with Crippen molar-refractivity contribution in [1.82, 2.24) is 20.9 Å². The van der Waals surface area contributed by atoms with Crippen LogP contribution in [0.3, 0.4) is 0 Å². The number of nitrogens with one attached hydrogen (secondary N) is 3. The van der Waals surface area contributed by atoms with E-state index in [4.69, 9.17) is 15.2 Å². The molecular weight excluding hydrogens is 470 g/mol. The Kier molecular flexibility index (Phi) is 9.70. The van der Waals surface area contributed by atoms with Gasteiger partial charge in [0, 0.05) is 19.0 Å². The SMILES string of the molecule is CC(C)(C)OC(=O)N[C@H]1CNCCC2CC[C@@H](C(=O)N[C@@H](CCC(N)=O)C(=O)OC(C)(C)C)N2C1=O. The van der Waals surface area contributed by atoms with E-state index in [2.05, 4.69) is 16.0 Å². The van der Waals surface area contributed by atoms with E-state index in [0.29, 0.717) is 25.8 Å². The number of hydrogen-bond acceptors (Lipinski definition) is 8. The number of hydrogen-bond donors (Lipinski definition) is 4. The Hall–Kier alpha value is -2.89. The van der Waals surface area contributed by atoms with Crippen molar-refractivity contribution in [1.29, 1.82) is 0 Å². The molecule has 12 heteroatoms. The normalized spacial score (nSPS) is 23.6. The third kappa shape index (κ3) is 8.96. The number of carbonyl (C=O) groups is 5. The largest absolute Gasteiger partial charge is 0.458 e. The maximum atomic E-state index is 13.5. The van der Waals surface area contributed by atoms with Crippen molar-refractivity contribution in [2.24, 2.45) is 5.73 Å². The number of ether oxygens (including phenoxy) is 2. The Morgan fingerprint density at radius 1 is 1.06 bits per heavy atom. The lowest BCUT2D eigenvalue weighted by atomic mass is 10.1. The highest BCUT2D eigenvalue weighted by molar-refractivity contribution is 5.94. The summed E-state index contributed by atoms with van der Waals surface area (Å²) in [5.41, 5.74) is 3.72. The summed E-state index contributed by atoms with van der Waals surface area (Å²) in [6, 6.07) is -3.05. The molecule has 0 spiro atoms. The molecule has 0 bridgehead atoms. The van der Waals surface area contributed by atoms with Gasteiger partial charge in [0.05, 0.1) is 0 Å². The van der Waals surface area contributed by atoms with E-state index < -0.39 is 59.1 Å². The summed E-state index contributed by atoms with van der Waals surface area (Å²) in [4.78, 5) is 64.7. The molecule has 0 saturated carbocycles. The third-order valence-electron chi connectivity index (χ3n) is 5.74. The number of rotatable bonds is 7. The van der Waals surface area contributed by atoms with Gasteiger partial charge < -0.3 is 36.1 Å². The van der Waals surface area contributed by atoms with Crippen LogP contribution in [0.4, 0.5) is 4.79 Å². The Balaban J connectivity index is 2.19. The number of alkyl carbamates (subject to hydrolysis) is 1. The van der Waals surface area contributed by atoms with E-state index in [0.717, 1.165) is 0 Å². The van der Waals surface area contributed by atoms with E-state index in [1.165, 1.54) is 4.90 Å². The first-order valence-corrected chi connectivity index (χ1v) is 12.4. The summed E-state index contributed by atoms with van der Waals surface area (Å²) in [7, 11) is 0.